The third-order valence-electron chi connectivity index (χ3n) is 5.44. The number of fused-ring (bicyclic) bond motifs is 2. The molecule has 1 amide bonds. The van der Waals surface area contributed by atoms with E-state index in [1.165, 1.54) is 11.3 Å². The first-order valence-corrected chi connectivity index (χ1v) is 11.8. The number of anilines is 1. The van der Waals surface area contributed by atoms with E-state index in [1.54, 1.807) is 11.1 Å². The smallest absolute Gasteiger partial charge is 0.280 e. The van der Waals surface area contributed by atoms with Gasteiger partial charge in [0.2, 0.25) is 0 Å². The first-order valence-electron chi connectivity index (χ1n) is 10.6. The molecule has 0 N–H and O–H groups in total. The van der Waals surface area contributed by atoms with Crippen molar-refractivity contribution in [1.82, 2.24) is 19.9 Å². The second-order valence-electron chi connectivity index (χ2n) is 7.62. The summed E-state index contributed by atoms with van der Waals surface area (Å²) in [7, 11) is 0. The first kappa shape index (κ1) is 21.2. The van der Waals surface area contributed by atoms with Gasteiger partial charge in [0.05, 0.1) is 40.7 Å². The quantitative estimate of drug-likeness (QED) is 0.422. The molecular formula is C23H22ClN5O2S. The van der Waals surface area contributed by atoms with Crippen LogP contribution in [0, 0.1) is 0 Å². The molecular weight excluding hydrogens is 446 g/mol. The normalized spacial score (nSPS) is 14.8. The molecule has 0 aliphatic carbocycles. The summed E-state index contributed by atoms with van der Waals surface area (Å²) in [4.78, 5) is 31.3. The van der Waals surface area contributed by atoms with Crippen LogP contribution in [0.5, 0.6) is 0 Å². The Bertz CT molecular complexity index is 1260. The summed E-state index contributed by atoms with van der Waals surface area (Å²) >= 11 is 7.62. The number of morpholine rings is 1. The molecule has 1 fully saturated rings. The Hall–Kier alpha value is -2.65. The Morgan fingerprint density at radius 3 is 2.75 bits per heavy atom. The summed E-state index contributed by atoms with van der Waals surface area (Å²) in [5.74, 6) is -0.199. The zero-order valence-electron chi connectivity index (χ0n) is 17.4. The average molecular weight is 468 g/mol. The molecule has 164 valence electrons. The topological polar surface area (TPSA) is 71.5 Å². The number of aromatic nitrogens is 3. The first-order chi connectivity index (χ1) is 15.7. The van der Waals surface area contributed by atoms with Crippen LogP contribution in [0.25, 0.3) is 21.3 Å². The third kappa shape index (κ3) is 4.59. The van der Waals surface area contributed by atoms with Crippen molar-refractivity contribution < 1.29 is 9.53 Å². The maximum Gasteiger partial charge on any atom is 0.280 e. The van der Waals surface area contributed by atoms with Gasteiger partial charge in [-0.3, -0.25) is 19.6 Å². The van der Waals surface area contributed by atoms with Crippen molar-refractivity contribution >= 4 is 55.2 Å². The Morgan fingerprint density at radius 2 is 1.91 bits per heavy atom. The monoisotopic (exact) mass is 467 g/mol. The van der Waals surface area contributed by atoms with Gasteiger partial charge in [0.25, 0.3) is 5.91 Å². The van der Waals surface area contributed by atoms with Crippen LogP contribution in [-0.2, 0) is 4.74 Å². The van der Waals surface area contributed by atoms with Gasteiger partial charge < -0.3 is 4.74 Å². The summed E-state index contributed by atoms with van der Waals surface area (Å²) in [5, 5.41) is 1.29. The van der Waals surface area contributed by atoms with Crippen molar-refractivity contribution in [2.75, 3.05) is 44.3 Å². The van der Waals surface area contributed by atoms with Gasteiger partial charge in [0, 0.05) is 31.2 Å². The van der Waals surface area contributed by atoms with E-state index in [0.717, 1.165) is 55.0 Å². The zero-order chi connectivity index (χ0) is 21.9. The number of ether oxygens (including phenoxy) is 1. The van der Waals surface area contributed by atoms with Crippen LogP contribution >= 0.6 is 22.9 Å². The number of para-hydroxylation sites is 2. The van der Waals surface area contributed by atoms with Gasteiger partial charge in [-0.05, 0) is 36.8 Å². The van der Waals surface area contributed by atoms with Gasteiger partial charge in [-0.2, -0.15) is 0 Å². The largest absolute Gasteiger partial charge is 0.379 e. The number of benzene rings is 2. The highest BCUT2D eigenvalue weighted by molar-refractivity contribution is 7.22. The molecule has 5 rings (SSSR count). The van der Waals surface area contributed by atoms with E-state index >= 15 is 0 Å². The van der Waals surface area contributed by atoms with Crippen molar-refractivity contribution in [3.63, 3.8) is 0 Å². The minimum Gasteiger partial charge on any atom is -0.379 e. The maximum atomic E-state index is 13.5. The van der Waals surface area contributed by atoms with E-state index in [2.05, 4.69) is 14.9 Å². The second-order valence-corrected chi connectivity index (χ2v) is 9.06. The third-order valence-corrected chi connectivity index (χ3v) is 6.72. The lowest BCUT2D eigenvalue weighted by atomic mass is 10.2. The standard InChI is InChI=1S/C23H22ClN5O2S/c24-16-6-7-19-21(14-16)32-23(27-19)29(9-3-8-28-10-12-31-13-11-28)22(30)20-15-25-17-4-1-2-5-18(17)26-20/h1-2,4-7,14-15H,3,8-13H2. The lowest BCUT2D eigenvalue weighted by molar-refractivity contribution is 0.0376. The number of hydrogen-bond donors (Lipinski definition) is 0. The average Bonchev–Trinajstić information content (AvgIpc) is 3.24. The predicted octanol–water partition coefficient (Wildman–Crippen LogP) is 4.26. The number of amides is 1. The number of rotatable bonds is 6. The molecule has 0 spiro atoms. The van der Waals surface area contributed by atoms with E-state index in [-0.39, 0.29) is 5.91 Å². The molecule has 4 aromatic rings. The molecule has 32 heavy (non-hydrogen) atoms. The predicted molar refractivity (Wildman–Crippen MR) is 128 cm³/mol. The van der Waals surface area contributed by atoms with Crippen LogP contribution in [0.4, 0.5) is 5.13 Å². The highest BCUT2D eigenvalue weighted by atomic mass is 35.5. The van der Waals surface area contributed by atoms with Crippen LogP contribution in [0.2, 0.25) is 5.02 Å². The van der Waals surface area contributed by atoms with Gasteiger partial charge in [-0.15, -0.1) is 0 Å². The summed E-state index contributed by atoms with van der Waals surface area (Å²) in [6.45, 7) is 4.79. The molecule has 1 saturated heterocycles. The van der Waals surface area contributed by atoms with E-state index in [1.807, 2.05) is 42.5 Å². The van der Waals surface area contributed by atoms with Crippen LogP contribution in [-0.4, -0.2) is 65.2 Å². The maximum absolute atomic E-state index is 13.5. The molecule has 7 nitrogen and oxygen atoms in total. The van der Waals surface area contributed by atoms with Gasteiger partial charge in [0.15, 0.2) is 5.13 Å². The second kappa shape index (κ2) is 9.46. The van der Waals surface area contributed by atoms with E-state index < -0.39 is 0 Å². The Kier molecular flexibility index (Phi) is 6.27. The fourth-order valence-corrected chi connectivity index (χ4v) is 5.03. The van der Waals surface area contributed by atoms with E-state index in [4.69, 9.17) is 21.3 Å². The molecule has 3 heterocycles. The number of carbonyl (C=O) groups excluding carboxylic acids is 1. The van der Waals surface area contributed by atoms with Crippen molar-refractivity contribution in [2.45, 2.75) is 6.42 Å². The van der Waals surface area contributed by atoms with Crippen LogP contribution in [0.15, 0.2) is 48.7 Å². The summed E-state index contributed by atoms with van der Waals surface area (Å²) < 4.78 is 6.38. The molecule has 1 aliphatic heterocycles. The fraction of sp³-hybridized carbons (Fsp3) is 0.304. The highest BCUT2D eigenvalue weighted by Gasteiger charge is 2.23. The van der Waals surface area contributed by atoms with Gasteiger partial charge in [-0.1, -0.05) is 35.1 Å². The van der Waals surface area contributed by atoms with Crippen LogP contribution < -0.4 is 4.90 Å². The van der Waals surface area contributed by atoms with Gasteiger partial charge in [-0.25, -0.2) is 9.97 Å². The Labute approximate surface area is 194 Å². The fourth-order valence-electron chi connectivity index (χ4n) is 3.76. The molecule has 0 atom stereocenters. The van der Waals surface area contributed by atoms with E-state index in [0.29, 0.717) is 27.9 Å². The number of hydrogen-bond acceptors (Lipinski definition) is 7. The molecule has 9 heteroatoms. The Morgan fingerprint density at radius 1 is 1.09 bits per heavy atom. The molecule has 0 unspecified atom stereocenters. The molecule has 0 bridgehead atoms. The zero-order valence-corrected chi connectivity index (χ0v) is 19.0. The van der Waals surface area contributed by atoms with Crippen LogP contribution in [0.1, 0.15) is 16.9 Å². The highest BCUT2D eigenvalue weighted by Crippen LogP contribution is 2.31. The van der Waals surface area contributed by atoms with Crippen LogP contribution in [0.3, 0.4) is 0 Å². The SMILES string of the molecule is O=C(c1cnc2ccccc2n1)N(CCCN1CCOCC1)c1nc2ccc(Cl)cc2s1. The number of nitrogens with zero attached hydrogens (tertiary/aromatic N) is 5. The number of halogens is 1. The molecule has 2 aromatic carbocycles. The number of thiazole rings is 1. The Balaban J connectivity index is 1.43. The minimum absolute atomic E-state index is 0.199. The van der Waals surface area contributed by atoms with Crippen molar-refractivity contribution in [2.24, 2.45) is 0 Å². The molecule has 0 saturated carbocycles. The lowest BCUT2D eigenvalue weighted by Crippen LogP contribution is -2.39. The van der Waals surface area contributed by atoms with Gasteiger partial charge in [0.1, 0.15) is 5.69 Å². The minimum atomic E-state index is -0.199. The van der Waals surface area contributed by atoms with Crippen molar-refractivity contribution in [3.05, 3.63) is 59.4 Å². The van der Waals surface area contributed by atoms with Crippen molar-refractivity contribution in [1.29, 1.82) is 0 Å². The molecule has 0 radical (unpaired) electrons. The lowest BCUT2D eigenvalue weighted by Gasteiger charge is -2.27. The number of carbonyl (C=O) groups is 1. The molecule has 1 aliphatic rings. The summed E-state index contributed by atoms with van der Waals surface area (Å²) in [6, 6.07) is 13.1. The van der Waals surface area contributed by atoms with Gasteiger partial charge >= 0.3 is 0 Å². The summed E-state index contributed by atoms with van der Waals surface area (Å²) in [5.41, 5.74) is 2.59. The van der Waals surface area contributed by atoms with Crippen molar-refractivity contribution in [3.8, 4) is 0 Å². The van der Waals surface area contributed by atoms with E-state index in [9.17, 15) is 4.79 Å². The summed E-state index contributed by atoms with van der Waals surface area (Å²) in [6.07, 6.45) is 2.37. The molecule has 2 aromatic heterocycles.